The van der Waals surface area contributed by atoms with Gasteiger partial charge in [0.05, 0.1) is 29.5 Å². The summed E-state index contributed by atoms with van der Waals surface area (Å²) in [4.78, 5) is 24.5. The lowest BCUT2D eigenvalue weighted by Gasteiger charge is -2.21. The number of likely N-dealkylation sites (tertiary alicyclic amines) is 1. The normalized spacial score (nSPS) is 35.7. The van der Waals surface area contributed by atoms with Crippen molar-refractivity contribution in [3.63, 3.8) is 0 Å². The summed E-state index contributed by atoms with van der Waals surface area (Å²) in [5.74, 6) is -1.78. The van der Waals surface area contributed by atoms with E-state index >= 15 is 0 Å². The van der Waals surface area contributed by atoms with Crippen molar-refractivity contribution in [3.05, 3.63) is 0 Å². The molecule has 2 saturated heterocycles. The average molecular weight is 340 g/mol. The molecular formula is C11H18ClN3O5S. The zero-order valence-corrected chi connectivity index (χ0v) is 12.9. The number of rotatable bonds is 4. The fourth-order valence-corrected chi connectivity index (χ4v) is 5.17. The molecule has 10 heteroatoms. The van der Waals surface area contributed by atoms with E-state index in [-0.39, 0.29) is 36.9 Å². The summed E-state index contributed by atoms with van der Waals surface area (Å²) in [6, 6.07) is -0.603. The summed E-state index contributed by atoms with van der Waals surface area (Å²) in [7, 11) is -3.21. The lowest BCUT2D eigenvalue weighted by atomic mass is 10.0. The number of aliphatic carboxylic acids is 1. The largest absolute Gasteiger partial charge is 0.480 e. The Morgan fingerprint density at radius 3 is 2.57 bits per heavy atom. The van der Waals surface area contributed by atoms with Crippen molar-refractivity contribution in [1.82, 2.24) is 10.2 Å². The van der Waals surface area contributed by atoms with Crippen molar-refractivity contribution < 1.29 is 23.1 Å². The summed E-state index contributed by atoms with van der Waals surface area (Å²) in [5, 5.41) is 11.0. The van der Waals surface area contributed by atoms with E-state index in [0.29, 0.717) is 6.54 Å². The van der Waals surface area contributed by atoms with E-state index in [1.807, 2.05) is 0 Å². The first-order chi connectivity index (χ1) is 9.61. The van der Waals surface area contributed by atoms with E-state index in [9.17, 15) is 18.0 Å². The highest BCUT2D eigenvalue weighted by Gasteiger charge is 2.42. The van der Waals surface area contributed by atoms with Gasteiger partial charge in [-0.25, -0.2) is 8.42 Å². The van der Waals surface area contributed by atoms with Crippen molar-refractivity contribution in [1.29, 1.82) is 0 Å². The number of hydrogen-bond donors (Lipinski definition) is 3. The number of hydrogen-bond acceptors (Lipinski definition) is 6. The van der Waals surface area contributed by atoms with Crippen LogP contribution in [0.25, 0.3) is 0 Å². The monoisotopic (exact) mass is 339 g/mol. The van der Waals surface area contributed by atoms with Gasteiger partial charge >= 0.3 is 5.97 Å². The third-order valence-corrected chi connectivity index (χ3v) is 6.18. The van der Waals surface area contributed by atoms with E-state index in [1.54, 1.807) is 4.90 Å². The second kappa shape index (κ2) is 5.71. The smallest absolute Gasteiger partial charge is 0.325 e. The Morgan fingerprint density at radius 2 is 2.10 bits per heavy atom. The minimum Gasteiger partial charge on any atom is -0.480 e. The van der Waals surface area contributed by atoms with Crippen molar-refractivity contribution >= 4 is 33.3 Å². The van der Waals surface area contributed by atoms with Gasteiger partial charge < -0.3 is 16.2 Å². The molecule has 0 radical (unpaired) electrons. The van der Waals surface area contributed by atoms with Gasteiger partial charge in [0.2, 0.25) is 5.91 Å². The lowest BCUT2D eigenvalue weighted by molar-refractivity contribution is -0.143. The summed E-state index contributed by atoms with van der Waals surface area (Å²) in [6.45, 7) is 0.471. The number of carboxylic acids is 1. The van der Waals surface area contributed by atoms with Crippen LogP contribution in [0.4, 0.5) is 0 Å². The molecule has 1 amide bonds. The molecule has 0 aliphatic carbocycles. The molecule has 0 bridgehead atoms. The number of carboxylic acid groups (broad SMARTS) is 1. The number of carbonyl (C=O) groups is 2. The third kappa shape index (κ3) is 3.85. The maximum Gasteiger partial charge on any atom is 0.325 e. The predicted octanol–water partition coefficient (Wildman–Crippen LogP) is -2.01. The summed E-state index contributed by atoms with van der Waals surface area (Å²) in [6.07, 6.45) is 0.269. The van der Waals surface area contributed by atoms with E-state index < -0.39 is 32.8 Å². The zero-order chi connectivity index (χ0) is 15.8. The molecule has 2 aliphatic heterocycles. The van der Waals surface area contributed by atoms with Crippen molar-refractivity contribution in [3.8, 4) is 0 Å². The molecule has 0 spiro atoms. The van der Waals surface area contributed by atoms with Gasteiger partial charge in [-0.1, -0.05) is 0 Å². The van der Waals surface area contributed by atoms with Gasteiger partial charge in [0.1, 0.15) is 5.54 Å². The van der Waals surface area contributed by atoms with E-state index in [2.05, 4.69) is 5.32 Å². The Morgan fingerprint density at radius 1 is 1.43 bits per heavy atom. The highest BCUT2D eigenvalue weighted by molar-refractivity contribution is 7.91. The van der Waals surface area contributed by atoms with E-state index in [0.717, 1.165) is 0 Å². The van der Waals surface area contributed by atoms with Crippen LogP contribution < -0.4 is 11.1 Å². The molecule has 2 heterocycles. The van der Waals surface area contributed by atoms with Gasteiger partial charge in [-0.3, -0.25) is 14.5 Å². The van der Waals surface area contributed by atoms with Crippen LogP contribution >= 0.6 is 11.6 Å². The molecule has 21 heavy (non-hydrogen) atoms. The zero-order valence-electron chi connectivity index (χ0n) is 11.3. The van der Waals surface area contributed by atoms with Crippen molar-refractivity contribution in [2.24, 2.45) is 5.73 Å². The molecule has 0 aromatic rings. The fraction of sp³-hybridized carbons (Fsp3) is 0.818. The van der Waals surface area contributed by atoms with Crippen LogP contribution in [0.2, 0.25) is 0 Å². The molecule has 4 N–H and O–H groups in total. The Kier molecular flexibility index (Phi) is 4.48. The lowest BCUT2D eigenvalue weighted by Crippen LogP contribution is -2.51. The van der Waals surface area contributed by atoms with Crippen LogP contribution in [0, 0.1) is 0 Å². The minimum atomic E-state index is -3.21. The first kappa shape index (κ1) is 16.5. The summed E-state index contributed by atoms with van der Waals surface area (Å²) in [5.41, 5.74) is 4.39. The van der Waals surface area contributed by atoms with Crippen LogP contribution in [0.5, 0.6) is 0 Å². The molecule has 120 valence electrons. The molecule has 0 aromatic heterocycles. The van der Waals surface area contributed by atoms with Crippen LogP contribution in [-0.2, 0) is 19.4 Å². The Bertz CT molecular complexity index is 554. The highest BCUT2D eigenvalue weighted by Crippen LogP contribution is 2.20. The molecule has 0 saturated carbocycles. The van der Waals surface area contributed by atoms with Crippen LogP contribution in [0.1, 0.15) is 6.42 Å². The van der Waals surface area contributed by atoms with Gasteiger partial charge in [0, 0.05) is 13.1 Å². The topological polar surface area (TPSA) is 130 Å². The van der Waals surface area contributed by atoms with Crippen LogP contribution in [-0.4, -0.2) is 78.4 Å². The van der Waals surface area contributed by atoms with Gasteiger partial charge in [-0.05, 0) is 6.42 Å². The first-order valence-corrected chi connectivity index (χ1v) is 8.76. The summed E-state index contributed by atoms with van der Waals surface area (Å²) >= 11 is 5.91. The first-order valence-electron chi connectivity index (χ1n) is 6.50. The Balaban J connectivity index is 1.85. The second-order valence-electron chi connectivity index (χ2n) is 5.69. The standard InChI is InChI=1S/C11H18ClN3O5S/c12-7-4-21(19,20)5-8(7)14-9(16)3-15-2-1-11(13,6-15)10(17)18/h7-8H,1-6,13H2,(H,14,16)(H,17,18). The maximum absolute atomic E-state index is 11.9. The number of amides is 1. The van der Waals surface area contributed by atoms with Crippen LogP contribution in [0.3, 0.4) is 0 Å². The van der Waals surface area contributed by atoms with Crippen molar-refractivity contribution in [2.45, 2.75) is 23.4 Å². The fourth-order valence-electron chi connectivity index (χ4n) is 2.62. The molecule has 2 aliphatic rings. The molecule has 2 fully saturated rings. The van der Waals surface area contributed by atoms with Gasteiger partial charge in [-0.2, -0.15) is 0 Å². The number of nitrogens with one attached hydrogen (secondary N) is 1. The number of carbonyl (C=O) groups excluding carboxylic acids is 1. The average Bonchev–Trinajstić information content (AvgIpc) is 2.81. The van der Waals surface area contributed by atoms with E-state index in [1.165, 1.54) is 0 Å². The van der Waals surface area contributed by atoms with E-state index in [4.69, 9.17) is 22.4 Å². The number of nitrogens with two attached hydrogens (primary N) is 1. The number of halogens is 1. The van der Waals surface area contributed by atoms with Gasteiger partial charge in [0.15, 0.2) is 9.84 Å². The third-order valence-electron chi connectivity index (χ3n) is 3.80. The molecule has 3 unspecified atom stereocenters. The minimum absolute atomic E-state index is 0.0214. The second-order valence-corrected chi connectivity index (χ2v) is 8.40. The molecular weight excluding hydrogens is 322 g/mol. The Labute approximate surface area is 127 Å². The Hall–Kier alpha value is -0.900. The van der Waals surface area contributed by atoms with Gasteiger partial charge in [0.25, 0.3) is 0 Å². The van der Waals surface area contributed by atoms with Crippen molar-refractivity contribution in [2.75, 3.05) is 31.1 Å². The molecule has 3 atom stereocenters. The molecule has 0 aromatic carbocycles. The highest BCUT2D eigenvalue weighted by atomic mass is 35.5. The SMILES string of the molecule is NC1(C(=O)O)CCN(CC(=O)NC2CS(=O)(=O)CC2Cl)C1. The van der Waals surface area contributed by atoms with Gasteiger partial charge in [-0.15, -0.1) is 11.6 Å². The number of nitrogens with zero attached hydrogens (tertiary/aromatic N) is 1. The maximum atomic E-state index is 11.9. The molecule has 8 nitrogen and oxygen atoms in total. The van der Waals surface area contributed by atoms with Crippen LogP contribution in [0.15, 0.2) is 0 Å². The predicted molar refractivity (Wildman–Crippen MR) is 75.8 cm³/mol. The summed E-state index contributed by atoms with van der Waals surface area (Å²) < 4.78 is 22.8. The number of alkyl halides is 1. The molecule has 2 rings (SSSR count). The quantitative estimate of drug-likeness (QED) is 0.505. The number of sulfone groups is 1.